The van der Waals surface area contributed by atoms with Crippen molar-refractivity contribution < 1.29 is 19.0 Å². The highest BCUT2D eigenvalue weighted by molar-refractivity contribution is 8.27. The summed E-state index contributed by atoms with van der Waals surface area (Å²) in [6.45, 7) is 4.00. The second-order valence-electron chi connectivity index (χ2n) is 6.27. The lowest BCUT2D eigenvalue weighted by Gasteiger charge is -2.17. The number of anilines is 1. The zero-order chi connectivity index (χ0) is 20.4. The van der Waals surface area contributed by atoms with Gasteiger partial charge in [-0.1, -0.05) is 41.7 Å². The fourth-order valence-electron chi connectivity index (χ4n) is 3.07. The van der Waals surface area contributed by atoms with E-state index >= 15 is 0 Å². The second kappa shape index (κ2) is 8.24. The number of methoxy groups -OCH3 is 3. The van der Waals surface area contributed by atoms with E-state index in [0.717, 1.165) is 22.4 Å². The zero-order valence-electron chi connectivity index (χ0n) is 16.4. The summed E-state index contributed by atoms with van der Waals surface area (Å²) in [7, 11) is 4.66. The SMILES string of the molecule is COc1cc(C=C2SC(=S)N(c3ccc(C)cc3C)C2=O)cc(OC)c1OC. The number of ether oxygens (including phenoxy) is 3. The Hall–Kier alpha value is -2.51. The number of benzene rings is 2. The van der Waals surface area contributed by atoms with E-state index < -0.39 is 0 Å². The first-order valence-electron chi connectivity index (χ1n) is 8.54. The molecule has 0 spiro atoms. The van der Waals surface area contributed by atoms with E-state index in [1.54, 1.807) is 44.4 Å². The topological polar surface area (TPSA) is 48.0 Å². The molecular formula is C21H21NO4S2. The summed E-state index contributed by atoms with van der Waals surface area (Å²) < 4.78 is 16.6. The third kappa shape index (κ3) is 3.72. The molecule has 3 rings (SSSR count). The van der Waals surface area contributed by atoms with Crippen molar-refractivity contribution >= 4 is 46.0 Å². The number of thiocarbonyl (C=S) groups is 1. The van der Waals surface area contributed by atoms with Gasteiger partial charge in [-0.05, 0) is 49.2 Å². The smallest absolute Gasteiger partial charge is 0.270 e. The largest absolute Gasteiger partial charge is 0.493 e. The minimum Gasteiger partial charge on any atom is -0.493 e. The van der Waals surface area contributed by atoms with Crippen molar-refractivity contribution in [3.63, 3.8) is 0 Å². The molecule has 5 nitrogen and oxygen atoms in total. The van der Waals surface area contributed by atoms with Crippen LogP contribution in [0.5, 0.6) is 17.2 Å². The van der Waals surface area contributed by atoms with Gasteiger partial charge in [-0.15, -0.1) is 0 Å². The molecule has 1 saturated heterocycles. The molecule has 28 heavy (non-hydrogen) atoms. The highest BCUT2D eigenvalue weighted by Crippen LogP contribution is 2.41. The number of aryl methyl sites for hydroxylation is 2. The number of hydrogen-bond donors (Lipinski definition) is 0. The van der Waals surface area contributed by atoms with Crippen molar-refractivity contribution in [1.29, 1.82) is 0 Å². The number of hydrogen-bond acceptors (Lipinski definition) is 6. The van der Waals surface area contributed by atoms with Gasteiger partial charge in [0.05, 0.1) is 31.9 Å². The second-order valence-corrected chi connectivity index (χ2v) is 7.94. The van der Waals surface area contributed by atoms with Crippen LogP contribution in [0.4, 0.5) is 5.69 Å². The van der Waals surface area contributed by atoms with Crippen LogP contribution in [-0.4, -0.2) is 31.6 Å². The van der Waals surface area contributed by atoms with E-state index in [0.29, 0.717) is 26.5 Å². The quantitative estimate of drug-likeness (QED) is 0.520. The number of rotatable bonds is 5. The van der Waals surface area contributed by atoms with Gasteiger partial charge < -0.3 is 14.2 Å². The Morgan fingerprint density at radius 1 is 1.00 bits per heavy atom. The van der Waals surface area contributed by atoms with Crippen LogP contribution in [0.2, 0.25) is 0 Å². The van der Waals surface area contributed by atoms with Gasteiger partial charge >= 0.3 is 0 Å². The fourth-order valence-corrected chi connectivity index (χ4v) is 4.35. The number of nitrogens with zero attached hydrogens (tertiary/aromatic N) is 1. The molecule has 0 atom stereocenters. The Balaban J connectivity index is 2.00. The van der Waals surface area contributed by atoms with Crippen LogP contribution in [0.1, 0.15) is 16.7 Å². The molecule has 0 radical (unpaired) electrons. The molecule has 1 aliphatic rings. The van der Waals surface area contributed by atoms with Gasteiger partial charge in [0.1, 0.15) is 0 Å². The number of carbonyl (C=O) groups is 1. The fraction of sp³-hybridized carbons (Fsp3) is 0.238. The Kier molecular flexibility index (Phi) is 5.96. The van der Waals surface area contributed by atoms with Crippen LogP contribution in [0, 0.1) is 13.8 Å². The number of thioether (sulfide) groups is 1. The molecule has 7 heteroatoms. The summed E-state index contributed by atoms with van der Waals surface area (Å²) in [5.74, 6) is 1.41. The minimum absolute atomic E-state index is 0.143. The van der Waals surface area contributed by atoms with Gasteiger partial charge in [-0.25, -0.2) is 0 Å². The average Bonchev–Trinajstić information content (AvgIpc) is 2.94. The molecule has 1 heterocycles. The van der Waals surface area contributed by atoms with E-state index in [2.05, 4.69) is 0 Å². The molecule has 0 unspecified atom stereocenters. The van der Waals surface area contributed by atoms with E-state index in [-0.39, 0.29) is 5.91 Å². The Bertz CT molecular complexity index is 959. The van der Waals surface area contributed by atoms with E-state index in [4.69, 9.17) is 26.4 Å². The van der Waals surface area contributed by atoms with Crippen molar-refractivity contribution in [3.05, 3.63) is 51.9 Å². The highest BCUT2D eigenvalue weighted by Gasteiger charge is 2.34. The Morgan fingerprint density at radius 2 is 1.64 bits per heavy atom. The zero-order valence-corrected chi connectivity index (χ0v) is 18.0. The predicted octanol–water partition coefficient (Wildman–Crippen LogP) is 4.74. The van der Waals surface area contributed by atoms with Crippen LogP contribution >= 0.6 is 24.0 Å². The normalized spacial score (nSPS) is 15.3. The summed E-state index contributed by atoms with van der Waals surface area (Å²) in [4.78, 5) is 15.2. The maximum absolute atomic E-state index is 13.1. The summed E-state index contributed by atoms with van der Waals surface area (Å²) in [5.41, 5.74) is 3.71. The lowest BCUT2D eigenvalue weighted by molar-refractivity contribution is -0.113. The van der Waals surface area contributed by atoms with Crippen molar-refractivity contribution in [2.24, 2.45) is 0 Å². The summed E-state index contributed by atoms with van der Waals surface area (Å²) in [6, 6.07) is 9.54. The van der Waals surface area contributed by atoms with Gasteiger partial charge in [0, 0.05) is 0 Å². The molecule has 0 aromatic heterocycles. The lowest BCUT2D eigenvalue weighted by Crippen LogP contribution is -2.28. The monoisotopic (exact) mass is 415 g/mol. The van der Waals surface area contributed by atoms with Gasteiger partial charge in [-0.3, -0.25) is 9.69 Å². The number of carbonyl (C=O) groups excluding carboxylic acids is 1. The van der Waals surface area contributed by atoms with Crippen LogP contribution in [0.3, 0.4) is 0 Å². The van der Waals surface area contributed by atoms with E-state index in [9.17, 15) is 4.79 Å². The molecule has 0 aliphatic carbocycles. The van der Waals surface area contributed by atoms with Gasteiger partial charge in [0.2, 0.25) is 5.75 Å². The first kappa shape index (κ1) is 20.2. The third-order valence-corrected chi connectivity index (χ3v) is 5.67. The summed E-state index contributed by atoms with van der Waals surface area (Å²) in [6.07, 6.45) is 1.79. The minimum atomic E-state index is -0.143. The standard InChI is InChI=1S/C21H21NO4S2/c1-12-6-7-15(13(2)8-12)22-20(23)18(28-21(22)27)11-14-9-16(24-3)19(26-5)17(10-14)25-4/h6-11H,1-5H3. The molecule has 2 aromatic rings. The summed E-state index contributed by atoms with van der Waals surface area (Å²) >= 11 is 6.76. The molecule has 1 amide bonds. The van der Waals surface area contributed by atoms with Crippen molar-refractivity contribution in [3.8, 4) is 17.2 Å². The molecular weight excluding hydrogens is 394 g/mol. The molecule has 0 N–H and O–H groups in total. The predicted molar refractivity (Wildman–Crippen MR) is 118 cm³/mol. The van der Waals surface area contributed by atoms with Crippen LogP contribution in [0.15, 0.2) is 35.2 Å². The average molecular weight is 416 g/mol. The van der Waals surface area contributed by atoms with Gasteiger partial charge in [0.25, 0.3) is 5.91 Å². The van der Waals surface area contributed by atoms with Crippen LogP contribution < -0.4 is 19.1 Å². The maximum atomic E-state index is 13.1. The Labute approximate surface area is 174 Å². The lowest BCUT2D eigenvalue weighted by atomic mass is 10.1. The van der Waals surface area contributed by atoms with E-state index in [1.165, 1.54) is 11.8 Å². The molecule has 0 bridgehead atoms. The van der Waals surface area contributed by atoms with Crippen molar-refractivity contribution in [1.82, 2.24) is 0 Å². The molecule has 146 valence electrons. The molecule has 0 saturated carbocycles. The van der Waals surface area contributed by atoms with Gasteiger partial charge in [-0.2, -0.15) is 0 Å². The van der Waals surface area contributed by atoms with Gasteiger partial charge in [0.15, 0.2) is 15.8 Å². The summed E-state index contributed by atoms with van der Waals surface area (Å²) in [5, 5.41) is 0. The number of amides is 1. The van der Waals surface area contributed by atoms with Crippen molar-refractivity contribution in [2.75, 3.05) is 26.2 Å². The molecule has 2 aromatic carbocycles. The van der Waals surface area contributed by atoms with Crippen molar-refractivity contribution in [2.45, 2.75) is 13.8 Å². The molecule has 1 aliphatic heterocycles. The molecule has 1 fully saturated rings. The first-order chi connectivity index (χ1) is 13.4. The highest BCUT2D eigenvalue weighted by atomic mass is 32.2. The van der Waals surface area contributed by atoms with E-state index in [1.807, 2.05) is 32.0 Å². The van der Waals surface area contributed by atoms with Crippen LogP contribution in [-0.2, 0) is 4.79 Å². The first-order valence-corrected chi connectivity index (χ1v) is 9.77. The third-order valence-electron chi connectivity index (χ3n) is 4.37. The maximum Gasteiger partial charge on any atom is 0.270 e. The van der Waals surface area contributed by atoms with Crippen LogP contribution in [0.25, 0.3) is 6.08 Å². The Morgan fingerprint density at radius 3 is 2.18 bits per heavy atom.